The van der Waals surface area contributed by atoms with Crippen LogP contribution in [-0.4, -0.2) is 18.9 Å². The van der Waals surface area contributed by atoms with Gasteiger partial charge in [0.05, 0.1) is 13.0 Å². The van der Waals surface area contributed by atoms with Crippen molar-refractivity contribution in [1.82, 2.24) is 0 Å². The number of para-hydroxylation sites is 1. The smallest absolute Gasteiger partial charge is 0.311 e. The lowest BCUT2D eigenvalue weighted by Gasteiger charge is -2.30. The second-order valence-electron chi connectivity index (χ2n) is 6.95. The summed E-state index contributed by atoms with van der Waals surface area (Å²) in [5, 5.41) is 0. The van der Waals surface area contributed by atoms with E-state index in [1.165, 1.54) is 0 Å². The second kappa shape index (κ2) is 9.23. The zero-order chi connectivity index (χ0) is 19.9. The van der Waals surface area contributed by atoms with Crippen LogP contribution in [0.25, 0.3) is 0 Å². The topological polar surface area (TPSA) is 52.6 Å². The van der Waals surface area contributed by atoms with E-state index in [1.807, 2.05) is 30.3 Å². The van der Waals surface area contributed by atoms with E-state index >= 15 is 0 Å². The van der Waals surface area contributed by atoms with E-state index < -0.39 is 18.0 Å². The van der Waals surface area contributed by atoms with Gasteiger partial charge in [-0.1, -0.05) is 67.3 Å². The Hall–Kier alpha value is -3.06. The summed E-state index contributed by atoms with van der Waals surface area (Å²) < 4.78 is 11.0. The van der Waals surface area contributed by atoms with E-state index in [0.29, 0.717) is 29.7 Å². The van der Waals surface area contributed by atoms with Crippen molar-refractivity contribution in [2.24, 2.45) is 11.8 Å². The van der Waals surface area contributed by atoms with Gasteiger partial charge in [0.2, 0.25) is 0 Å². The number of Topliss-reactive ketones (excluding diaryl/α,β-unsaturated/α-hetero) is 1. The zero-order valence-corrected chi connectivity index (χ0v) is 16.0. The lowest BCUT2D eigenvalue weighted by molar-refractivity contribution is -0.154. The summed E-state index contributed by atoms with van der Waals surface area (Å²) in [6.07, 6.45) is 7.93. The molecule has 1 saturated carbocycles. The minimum atomic E-state index is -0.849. The summed E-state index contributed by atoms with van der Waals surface area (Å²) in [7, 11) is 1.55. The van der Waals surface area contributed by atoms with E-state index in [4.69, 9.17) is 15.9 Å². The monoisotopic (exact) mass is 376 g/mol. The number of terminal acetylenes is 1. The Morgan fingerprint density at radius 3 is 2.32 bits per heavy atom. The molecule has 1 aliphatic carbocycles. The van der Waals surface area contributed by atoms with Crippen LogP contribution in [-0.2, 0) is 9.53 Å². The first-order chi connectivity index (χ1) is 13.7. The largest absolute Gasteiger partial charge is 0.496 e. The molecule has 0 saturated heterocycles. The maximum absolute atomic E-state index is 13.0. The Labute approximate surface area is 165 Å². The third-order valence-electron chi connectivity index (χ3n) is 5.27. The van der Waals surface area contributed by atoms with Crippen LogP contribution < -0.4 is 4.74 Å². The number of hydrogen-bond acceptors (Lipinski definition) is 4. The number of rotatable bonds is 6. The number of ketones is 1. The van der Waals surface area contributed by atoms with Crippen molar-refractivity contribution in [3.63, 3.8) is 0 Å². The predicted octanol–water partition coefficient (Wildman–Crippen LogP) is 4.60. The van der Waals surface area contributed by atoms with Crippen LogP contribution >= 0.6 is 0 Å². The Morgan fingerprint density at radius 2 is 1.64 bits per heavy atom. The highest BCUT2D eigenvalue weighted by molar-refractivity contribution is 6.00. The Morgan fingerprint density at radius 1 is 1.00 bits per heavy atom. The zero-order valence-electron chi connectivity index (χ0n) is 16.0. The number of carbonyl (C=O) groups is 2. The maximum Gasteiger partial charge on any atom is 0.311 e. The number of ether oxygens (including phenoxy) is 2. The highest BCUT2D eigenvalue weighted by Crippen LogP contribution is 2.35. The third kappa shape index (κ3) is 4.26. The van der Waals surface area contributed by atoms with E-state index in [-0.39, 0.29) is 11.7 Å². The van der Waals surface area contributed by atoms with E-state index in [9.17, 15) is 9.59 Å². The highest BCUT2D eigenvalue weighted by Gasteiger charge is 2.38. The molecule has 1 aliphatic rings. The van der Waals surface area contributed by atoms with Gasteiger partial charge in [-0.15, -0.1) is 6.42 Å². The molecule has 0 aliphatic heterocycles. The fourth-order valence-electron chi connectivity index (χ4n) is 3.82. The summed E-state index contributed by atoms with van der Waals surface area (Å²) in [4.78, 5) is 25.9. The molecule has 0 radical (unpaired) electrons. The van der Waals surface area contributed by atoms with Crippen molar-refractivity contribution in [2.75, 3.05) is 7.11 Å². The molecule has 1 fully saturated rings. The van der Waals surface area contributed by atoms with Crippen LogP contribution in [0.3, 0.4) is 0 Å². The molecular formula is C24H24O4. The number of methoxy groups -OCH3 is 1. The quantitative estimate of drug-likeness (QED) is 0.420. The van der Waals surface area contributed by atoms with Crippen molar-refractivity contribution < 1.29 is 19.1 Å². The Kier molecular flexibility index (Phi) is 6.49. The van der Waals surface area contributed by atoms with Crippen LogP contribution in [0, 0.1) is 24.2 Å². The first-order valence-corrected chi connectivity index (χ1v) is 9.54. The van der Waals surface area contributed by atoms with Crippen LogP contribution in [0.1, 0.15) is 47.7 Å². The van der Waals surface area contributed by atoms with Gasteiger partial charge in [0.15, 0.2) is 11.9 Å². The van der Waals surface area contributed by atoms with Gasteiger partial charge in [-0.2, -0.15) is 0 Å². The van der Waals surface area contributed by atoms with Gasteiger partial charge in [0, 0.05) is 17.0 Å². The first-order valence-electron chi connectivity index (χ1n) is 9.54. The molecule has 4 heteroatoms. The van der Waals surface area contributed by atoms with E-state index in [0.717, 1.165) is 12.8 Å². The molecule has 0 N–H and O–H groups in total. The van der Waals surface area contributed by atoms with Gasteiger partial charge in [-0.05, 0) is 18.9 Å². The minimum Gasteiger partial charge on any atom is -0.496 e. The van der Waals surface area contributed by atoms with Crippen molar-refractivity contribution in [3.8, 4) is 18.1 Å². The molecule has 0 spiro atoms. The lowest BCUT2D eigenvalue weighted by atomic mass is 9.75. The number of carbonyl (C=O) groups excluding carboxylic acids is 2. The van der Waals surface area contributed by atoms with Crippen LogP contribution in [0.4, 0.5) is 0 Å². The van der Waals surface area contributed by atoms with Gasteiger partial charge in [-0.25, -0.2) is 0 Å². The Balaban J connectivity index is 1.79. The van der Waals surface area contributed by atoms with Crippen molar-refractivity contribution >= 4 is 11.8 Å². The molecule has 4 nitrogen and oxygen atoms in total. The van der Waals surface area contributed by atoms with Crippen molar-refractivity contribution in [1.29, 1.82) is 0 Å². The highest BCUT2D eigenvalue weighted by atomic mass is 16.5. The van der Waals surface area contributed by atoms with Gasteiger partial charge >= 0.3 is 5.97 Å². The summed E-state index contributed by atoms with van der Waals surface area (Å²) in [5.41, 5.74) is 1.26. The molecular weight excluding hydrogens is 352 g/mol. The number of esters is 1. The second-order valence-corrected chi connectivity index (χ2v) is 6.95. The van der Waals surface area contributed by atoms with Crippen LogP contribution in [0.15, 0.2) is 54.6 Å². The lowest BCUT2D eigenvalue weighted by Crippen LogP contribution is -2.34. The van der Waals surface area contributed by atoms with E-state index in [2.05, 4.69) is 5.92 Å². The molecule has 28 heavy (non-hydrogen) atoms. The molecule has 2 aromatic rings. The summed E-state index contributed by atoms with van der Waals surface area (Å²) in [6.45, 7) is 0. The van der Waals surface area contributed by atoms with Crippen LogP contribution in [0.5, 0.6) is 5.75 Å². The Bertz CT molecular complexity index is 866. The minimum absolute atomic E-state index is 0.00296. The van der Waals surface area contributed by atoms with Crippen molar-refractivity contribution in [3.05, 3.63) is 65.7 Å². The van der Waals surface area contributed by atoms with Crippen molar-refractivity contribution in [2.45, 2.75) is 31.8 Å². The molecule has 3 atom stereocenters. The van der Waals surface area contributed by atoms with E-state index in [1.54, 1.807) is 31.4 Å². The standard InChI is InChI=1S/C24H24O4/c1-3-21(20-15-9-10-16-22(20)27-2)28-24(26)19-14-8-7-13-18(19)23(25)17-11-5-4-6-12-17/h1,4-6,9-12,15-16,18-19,21H,7-8,13-14H2,2H3/t18-,19-,21+/m0/s1. The maximum atomic E-state index is 13.0. The average Bonchev–Trinajstić information content (AvgIpc) is 2.77. The molecule has 0 bridgehead atoms. The van der Waals surface area contributed by atoms with Gasteiger partial charge in [0.25, 0.3) is 0 Å². The number of hydrogen-bond donors (Lipinski definition) is 0. The van der Waals surface area contributed by atoms with Gasteiger partial charge in [0.1, 0.15) is 5.75 Å². The predicted molar refractivity (Wildman–Crippen MR) is 107 cm³/mol. The van der Waals surface area contributed by atoms with Crippen LogP contribution in [0.2, 0.25) is 0 Å². The molecule has 144 valence electrons. The molecule has 0 aromatic heterocycles. The fourth-order valence-corrected chi connectivity index (χ4v) is 3.82. The SMILES string of the molecule is C#C[C@@H](OC(=O)[C@H]1CCCC[C@@H]1C(=O)c1ccccc1)c1ccccc1OC. The first kappa shape index (κ1) is 19.7. The van der Waals surface area contributed by atoms with Gasteiger partial charge in [-0.3, -0.25) is 9.59 Å². The summed E-state index contributed by atoms with van der Waals surface area (Å²) >= 11 is 0. The molecule has 0 heterocycles. The third-order valence-corrected chi connectivity index (χ3v) is 5.27. The molecule has 3 rings (SSSR count). The summed E-state index contributed by atoms with van der Waals surface area (Å²) in [6, 6.07) is 16.3. The normalized spacial score (nSPS) is 19.9. The number of benzene rings is 2. The summed E-state index contributed by atoms with van der Waals surface area (Å²) in [5.74, 6) is 1.83. The molecule has 0 amide bonds. The molecule has 0 unspecified atom stereocenters. The molecule has 2 aromatic carbocycles. The fraction of sp³-hybridized carbons (Fsp3) is 0.333. The van der Waals surface area contributed by atoms with Gasteiger partial charge < -0.3 is 9.47 Å². The average molecular weight is 376 g/mol.